The molecule has 0 radical (unpaired) electrons. The van der Waals surface area contributed by atoms with Gasteiger partial charge < -0.3 is 10.2 Å². The highest BCUT2D eigenvalue weighted by molar-refractivity contribution is 7.89. The molecule has 2 rings (SSSR count). The number of sulfonamides is 1. The third-order valence-electron chi connectivity index (χ3n) is 3.63. The Morgan fingerprint density at radius 1 is 1.48 bits per heavy atom. The van der Waals surface area contributed by atoms with Crippen LogP contribution in [-0.2, 0) is 17.1 Å². The van der Waals surface area contributed by atoms with Gasteiger partial charge in [0.15, 0.2) is 0 Å². The summed E-state index contributed by atoms with van der Waals surface area (Å²) in [6.45, 7) is 3.17. The van der Waals surface area contributed by atoms with Gasteiger partial charge in [-0.3, -0.25) is 4.68 Å². The molecule has 0 amide bonds. The number of aryl methyl sites for hydroxylation is 1. The molecular formula is C12H24ClN5O2S. The lowest BCUT2D eigenvalue weighted by molar-refractivity contribution is 0.198. The molecule has 9 heteroatoms. The highest BCUT2D eigenvalue weighted by atomic mass is 35.5. The number of hydrogen-bond acceptors (Lipinski definition) is 5. The molecule has 1 saturated heterocycles. The number of piperidine rings is 1. The van der Waals surface area contributed by atoms with Crippen LogP contribution in [0.25, 0.3) is 0 Å². The minimum absolute atomic E-state index is 0. The van der Waals surface area contributed by atoms with E-state index in [1.807, 2.05) is 7.05 Å². The van der Waals surface area contributed by atoms with Crippen molar-refractivity contribution in [1.29, 1.82) is 0 Å². The lowest BCUT2D eigenvalue weighted by Crippen LogP contribution is -2.46. The van der Waals surface area contributed by atoms with Crippen LogP contribution in [0.4, 0.5) is 0 Å². The van der Waals surface area contributed by atoms with E-state index < -0.39 is 10.0 Å². The second kappa shape index (κ2) is 8.09. The summed E-state index contributed by atoms with van der Waals surface area (Å²) in [6.07, 6.45) is 5.20. The van der Waals surface area contributed by atoms with Gasteiger partial charge in [0.1, 0.15) is 4.90 Å². The molecule has 1 aliphatic heterocycles. The molecule has 0 spiro atoms. The predicted octanol–water partition coefficient (Wildman–Crippen LogP) is -0.196. The van der Waals surface area contributed by atoms with Gasteiger partial charge in [0.25, 0.3) is 0 Å². The number of rotatable bonds is 6. The first-order valence-electron chi connectivity index (χ1n) is 6.89. The van der Waals surface area contributed by atoms with Gasteiger partial charge >= 0.3 is 0 Å². The van der Waals surface area contributed by atoms with Crippen LogP contribution in [0.15, 0.2) is 17.3 Å². The minimum Gasteiger partial charge on any atom is -0.316 e. The van der Waals surface area contributed by atoms with Crippen LogP contribution >= 0.6 is 12.4 Å². The summed E-state index contributed by atoms with van der Waals surface area (Å²) in [5.41, 5.74) is 0. The zero-order valence-electron chi connectivity index (χ0n) is 12.4. The molecule has 0 saturated carbocycles. The van der Waals surface area contributed by atoms with Gasteiger partial charge in [-0.25, -0.2) is 13.1 Å². The Morgan fingerprint density at radius 2 is 2.24 bits per heavy atom. The van der Waals surface area contributed by atoms with Crippen molar-refractivity contribution in [2.45, 2.75) is 23.8 Å². The molecule has 2 N–H and O–H groups in total. The predicted molar refractivity (Wildman–Crippen MR) is 84.2 cm³/mol. The molecule has 1 unspecified atom stereocenters. The Balaban J connectivity index is 0.00000220. The van der Waals surface area contributed by atoms with Gasteiger partial charge in [-0.05, 0) is 26.4 Å². The summed E-state index contributed by atoms with van der Waals surface area (Å²) in [6, 6.07) is 0.513. The van der Waals surface area contributed by atoms with Crippen molar-refractivity contribution in [2.24, 2.45) is 7.05 Å². The molecule has 1 atom stereocenters. The average Bonchev–Trinajstić information content (AvgIpc) is 2.86. The minimum atomic E-state index is -3.43. The number of likely N-dealkylation sites (tertiary alicyclic amines) is 1. The van der Waals surface area contributed by atoms with Crippen LogP contribution in [0.5, 0.6) is 0 Å². The van der Waals surface area contributed by atoms with Gasteiger partial charge in [0, 0.05) is 38.9 Å². The molecular weight excluding hydrogens is 314 g/mol. The fraction of sp³-hybridized carbons (Fsp3) is 0.750. The Labute approximate surface area is 132 Å². The van der Waals surface area contributed by atoms with Gasteiger partial charge in [-0.1, -0.05) is 0 Å². The number of hydrogen-bond donors (Lipinski definition) is 2. The lowest BCUT2D eigenvalue weighted by Gasteiger charge is -2.32. The Hall–Kier alpha value is -0.670. The normalized spacial score (nSPS) is 20.2. The number of nitrogens with zero attached hydrogens (tertiary/aromatic N) is 3. The van der Waals surface area contributed by atoms with Crippen LogP contribution in [0.3, 0.4) is 0 Å². The molecule has 1 fully saturated rings. The molecule has 0 bridgehead atoms. The Morgan fingerprint density at radius 3 is 2.86 bits per heavy atom. The molecule has 2 heterocycles. The van der Waals surface area contributed by atoms with E-state index >= 15 is 0 Å². The van der Waals surface area contributed by atoms with Crippen molar-refractivity contribution >= 4 is 22.4 Å². The smallest absolute Gasteiger partial charge is 0.243 e. The first-order valence-corrected chi connectivity index (χ1v) is 8.37. The van der Waals surface area contributed by atoms with E-state index in [9.17, 15) is 8.42 Å². The maximum Gasteiger partial charge on any atom is 0.243 e. The van der Waals surface area contributed by atoms with Gasteiger partial charge in [0.05, 0.1) is 6.20 Å². The maximum absolute atomic E-state index is 12.0. The van der Waals surface area contributed by atoms with Gasteiger partial charge in [0.2, 0.25) is 10.0 Å². The second-order valence-electron chi connectivity index (χ2n) is 5.18. The van der Waals surface area contributed by atoms with E-state index in [0.717, 1.165) is 26.1 Å². The average molecular weight is 338 g/mol. The summed E-state index contributed by atoms with van der Waals surface area (Å²) >= 11 is 0. The summed E-state index contributed by atoms with van der Waals surface area (Å²) in [4.78, 5) is 2.50. The van der Waals surface area contributed by atoms with Crippen molar-refractivity contribution in [2.75, 3.05) is 33.2 Å². The number of nitrogens with one attached hydrogen (secondary N) is 2. The monoisotopic (exact) mass is 337 g/mol. The summed E-state index contributed by atoms with van der Waals surface area (Å²) < 4.78 is 28.1. The topological polar surface area (TPSA) is 79.3 Å². The number of halogens is 1. The van der Waals surface area contributed by atoms with Crippen LogP contribution in [0.2, 0.25) is 0 Å². The van der Waals surface area contributed by atoms with E-state index in [4.69, 9.17) is 0 Å². The van der Waals surface area contributed by atoms with Crippen molar-refractivity contribution < 1.29 is 8.42 Å². The fourth-order valence-corrected chi connectivity index (χ4v) is 3.46. The van der Waals surface area contributed by atoms with Crippen LogP contribution < -0.4 is 10.0 Å². The van der Waals surface area contributed by atoms with Gasteiger partial charge in [-0.15, -0.1) is 12.4 Å². The van der Waals surface area contributed by atoms with Crippen molar-refractivity contribution in [3.05, 3.63) is 12.4 Å². The zero-order valence-corrected chi connectivity index (χ0v) is 14.1. The number of likely N-dealkylation sites (N-methyl/N-ethyl adjacent to an activating group) is 1. The lowest BCUT2D eigenvalue weighted by atomic mass is 10.1. The van der Waals surface area contributed by atoms with Crippen LogP contribution in [0.1, 0.15) is 12.8 Å². The van der Waals surface area contributed by atoms with E-state index in [1.54, 1.807) is 7.05 Å². The van der Waals surface area contributed by atoms with Crippen molar-refractivity contribution in [3.8, 4) is 0 Å². The van der Waals surface area contributed by atoms with Crippen molar-refractivity contribution in [1.82, 2.24) is 24.7 Å². The van der Waals surface area contributed by atoms with E-state index in [1.165, 1.54) is 23.5 Å². The SMILES string of the molecule is CNC1CCCN(CCNS(=O)(=O)c2cnn(C)c2)C1.Cl. The number of aromatic nitrogens is 2. The van der Waals surface area contributed by atoms with Gasteiger partial charge in [-0.2, -0.15) is 5.10 Å². The van der Waals surface area contributed by atoms with E-state index in [-0.39, 0.29) is 17.3 Å². The largest absolute Gasteiger partial charge is 0.316 e. The molecule has 122 valence electrons. The van der Waals surface area contributed by atoms with Crippen LogP contribution in [0, 0.1) is 0 Å². The molecule has 7 nitrogen and oxygen atoms in total. The second-order valence-corrected chi connectivity index (χ2v) is 6.94. The summed E-state index contributed by atoms with van der Waals surface area (Å²) in [5.74, 6) is 0. The first-order chi connectivity index (χ1) is 9.51. The Bertz CT molecular complexity index is 534. The molecule has 0 aromatic carbocycles. The van der Waals surface area contributed by atoms with Crippen molar-refractivity contribution in [3.63, 3.8) is 0 Å². The van der Waals surface area contributed by atoms with E-state index in [0.29, 0.717) is 12.6 Å². The maximum atomic E-state index is 12.0. The zero-order chi connectivity index (χ0) is 14.6. The quantitative estimate of drug-likeness (QED) is 0.752. The molecule has 1 aliphatic rings. The fourth-order valence-electron chi connectivity index (χ4n) is 2.45. The van der Waals surface area contributed by atoms with Crippen LogP contribution in [-0.4, -0.2) is 62.4 Å². The molecule has 0 aliphatic carbocycles. The molecule has 1 aromatic heterocycles. The third-order valence-corrected chi connectivity index (χ3v) is 5.04. The van der Waals surface area contributed by atoms with E-state index in [2.05, 4.69) is 20.0 Å². The third kappa shape index (κ3) is 5.23. The summed E-state index contributed by atoms with van der Waals surface area (Å²) in [5, 5.41) is 7.16. The molecule has 21 heavy (non-hydrogen) atoms. The first kappa shape index (κ1) is 18.4. The Kier molecular flexibility index (Phi) is 7.08. The highest BCUT2D eigenvalue weighted by Crippen LogP contribution is 2.09. The highest BCUT2D eigenvalue weighted by Gasteiger charge is 2.19. The molecule has 1 aromatic rings. The standard InChI is InChI=1S/C12H23N5O2S.ClH/c1-13-11-4-3-6-17(9-11)7-5-15-20(18,19)12-8-14-16(2)10-12;/h8,10-11,13,15H,3-7,9H2,1-2H3;1H. The summed E-state index contributed by atoms with van der Waals surface area (Å²) in [7, 11) is 0.236.